The third-order valence-electron chi connectivity index (χ3n) is 4.70. The molecule has 0 amide bonds. The quantitative estimate of drug-likeness (QED) is 0.759. The summed E-state index contributed by atoms with van der Waals surface area (Å²) in [5.41, 5.74) is 1.18. The molecule has 28 heavy (non-hydrogen) atoms. The minimum Gasteiger partial charge on any atom is -0.492 e. The number of nitrogens with zero attached hydrogens (tertiary/aromatic N) is 4. The van der Waals surface area contributed by atoms with Crippen LogP contribution in [-0.2, 0) is 6.54 Å². The normalized spacial score (nSPS) is 15.8. The number of para-hydroxylation sites is 1. The summed E-state index contributed by atoms with van der Waals surface area (Å²) in [6.45, 7) is 9.41. The molecule has 1 aromatic carbocycles. The van der Waals surface area contributed by atoms with Gasteiger partial charge in [-0.05, 0) is 64.8 Å². The molecule has 2 aromatic rings. The Morgan fingerprint density at radius 2 is 1.86 bits per heavy atom. The van der Waals surface area contributed by atoms with Crippen molar-refractivity contribution < 1.29 is 9.47 Å². The van der Waals surface area contributed by atoms with Gasteiger partial charge in [0.1, 0.15) is 23.1 Å². The van der Waals surface area contributed by atoms with E-state index in [0.717, 1.165) is 38.2 Å². The predicted molar refractivity (Wildman–Crippen MR) is 107 cm³/mol. The Balaban J connectivity index is 1.50. The van der Waals surface area contributed by atoms with Gasteiger partial charge in [-0.25, -0.2) is 4.98 Å². The van der Waals surface area contributed by atoms with Crippen molar-refractivity contribution in [2.75, 3.05) is 19.7 Å². The molecular weight excluding hydrogens is 352 g/mol. The van der Waals surface area contributed by atoms with Crippen molar-refractivity contribution in [3.63, 3.8) is 0 Å². The number of aromatic nitrogens is 2. The van der Waals surface area contributed by atoms with E-state index >= 15 is 0 Å². The van der Waals surface area contributed by atoms with E-state index in [4.69, 9.17) is 14.7 Å². The van der Waals surface area contributed by atoms with Crippen LogP contribution in [0.3, 0.4) is 0 Å². The van der Waals surface area contributed by atoms with Crippen LogP contribution in [0.4, 0.5) is 0 Å². The minimum atomic E-state index is -0.297. The molecule has 0 N–H and O–H groups in total. The van der Waals surface area contributed by atoms with Crippen LogP contribution >= 0.6 is 0 Å². The Bertz CT molecular complexity index is 818. The molecular formula is C22H28N4O2. The van der Waals surface area contributed by atoms with Crippen LogP contribution in [-0.4, -0.2) is 40.2 Å². The Morgan fingerprint density at radius 3 is 2.57 bits per heavy atom. The fourth-order valence-electron chi connectivity index (χ4n) is 3.25. The number of ether oxygens (including phenoxy) is 2. The summed E-state index contributed by atoms with van der Waals surface area (Å²) in [4.78, 5) is 11.2. The summed E-state index contributed by atoms with van der Waals surface area (Å²) < 4.78 is 11.9. The first-order valence-corrected chi connectivity index (χ1v) is 9.78. The molecule has 1 aliphatic rings. The molecule has 0 spiro atoms. The third-order valence-corrected chi connectivity index (χ3v) is 4.70. The van der Waals surface area contributed by atoms with E-state index in [0.29, 0.717) is 29.7 Å². The molecule has 0 bridgehead atoms. The molecule has 6 nitrogen and oxygen atoms in total. The van der Waals surface area contributed by atoms with Gasteiger partial charge in [0.2, 0.25) is 5.88 Å². The highest BCUT2D eigenvalue weighted by atomic mass is 16.5. The second-order valence-electron chi connectivity index (χ2n) is 8.16. The van der Waals surface area contributed by atoms with Gasteiger partial charge in [-0.15, -0.1) is 0 Å². The summed E-state index contributed by atoms with van der Waals surface area (Å²) in [6.07, 6.45) is 5.51. The maximum absolute atomic E-state index is 9.17. The Labute approximate surface area is 167 Å². The first kappa shape index (κ1) is 20.1. The molecule has 1 saturated heterocycles. The lowest BCUT2D eigenvalue weighted by molar-refractivity contribution is 0.112. The molecule has 1 aliphatic heterocycles. The standard InChI is InChI=1S/C22H28N4O2/c1-22(2,3)28-21-19(24-10-11-25-21)15-26-12-8-17(9-13-26)16-27-20-7-5-4-6-18(20)14-23/h4-7,10-11,17H,8-9,12-13,15-16H2,1-3H3. The molecule has 6 heteroatoms. The van der Waals surface area contributed by atoms with Crippen molar-refractivity contribution in [2.24, 2.45) is 5.92 Å². The average Bonchev–Trinajstić information content (AvgIpc) is 2.68. The number of rotatable bonds is 6. The second kappa shape index (κ2) is 9.03. The smallest absolute Gasteiger partial charge is 0.237 e. The van der Waals surface area contributed by atoms with Crippen molar-refractivity contribution in [1.82, 2.24) is 14.9 Å². The van der Waals surface area contributed by atoms with Crippen molar-refractivity contribution in [3.8, 4) is 17.7 Å². The summed E-state index contributed by atoms with van der Waals surface area (Å²) >= 11 is 0. The number of hydrogen-bond acceptors (Lipinski definition) is 6. The molecule has 0 radical (unpaired) electrons. The topological polar surface area (TPSA) is 71.3 Å². The fraction of sp³-hybridized carbons (Fsp3) is 0.500. The highest BCUT2D eigenvalue weighted by Crippen LogP contribution is 2.24. The Kier molecular flexibility index (Phi) is 6.48. The van der Waals surface area contributed by atoms with Crippen LogP contribution in [0, 0.1) is 17.2 Å². The molecule has 0 unspecified atom stereocenters. The lowest BCUT2D eigenvalue weighted by Crippen LogP contribution is -2.35. The monoisotopic (exact) mass is 380 g/mol. The fourth-order valence-corrected chi connectivity index (χ4v) is 3.25. The van der Waals surface area contributed by atoms with Crippen LogP contribution in [0.5, 0.6) is 11.6 Å². The first-order chi connectivity index (χ1) is 13.4. The number of hydrogen-bond donors (Lipinski definition) is 0. The molecule has 2 heterocycles. The van der Waals surface area contributed by atoms with E-state index in [-0.39, 0.29) is 5.60 Å². The predicted octanol–water partition coefficient (Wildman–Crippen LogP) is 3.82. The lowest BCUT2D eigenvalue weighted by atomic mass is 9.97. The Morgan fingerprint density at radius 1 is 1.14 bits per heavy atom. The van der Waals surface area contributed by atoms with Crippen molar-refractivity contribution >= 4 is 0 Å². The number of piperidine rings is 1. The van der Waals surface area contributed by atoms with Crippen molar-refractivity contribution in [2.45, 2.75) is 45.8 Å². The van der Waals surface area contributed by atoms with E-state index < -0.39 is 0 Å². The average molecular weight is 380 g/mol. The van der Waals surface area contributed by atoms with Gasteiger partial charge in [0.25, 0.3) is 0 Å². The zero-order valence-corrected chi connectivity index (χ0v) is 16.9. The minimum absolute atomic E-state index is 0.297. The number of benzene rings is 1. The van der Waals surface area contributed by atoms with Crippen LogP contribution in [0.1, 0.15) is 44.9 Å². The van der Waals surface area contributed by atoms with Gasteiger partial charge in [-0.3, -0.25) is 9.88 Å². The number of nitriles is 1. The second-order valence-corrected chi connectivity index (χ2v) is 8.16. The van der Waals surface area contributed by atoms with Gasteiger partial charge < -0.3 is 9.47 Å². The van der Waals surface area contributed by atoms with Crippen molar-refractivity contribution in [3.05, 3.63) is 47.9 Å². The van der Waals surface area contributed by atoms with Crippen molar-refractivity contribution in [1.29, 1.82) is 5.26 Å². The van der Waals surface area contributed by atoms with Crippen LogP contribution in [0.25, 0.3) is 0 Å². The van der Waals surface area contributed by atoms with Gasteiger partial charge in [-0.2, -0.15) is 5.26 Å². The molecule has 1 aromatic heterocycles. The molecule has 0 atom stereocenters. The van der Waals surface area contributed by atoms with Gasteiger partial charge in [0.05, 0.1) is 12.2 Å². The number of likely N-dealkylation sites (tertiary alicyclic amines) is 1. The molecule has 0 saturated carbocycles. The molecule has 3 rings (SSSR count). The van der Waals surface area contributed by atoms with E-state index in [1.807, 2.05) is 39.0 Å². The zero-order chi connectivity index (χ0) is 20.0. The largest absolute Gasteiger partial charge is 0.492 e. The van der Waals surface area contributed by atoms with E-state index in [2.05, 4.69) is 20.9 Å². The van der Waals surface area contributed by atoms with Gasteiger partial charge >= 0.3 is 0 Å². The summed E-state index contributed by atoms with van der Waals surface area (Å²) in [5, 5.41) is 9.17. The SMILES string of the molecule is CC(C)(C)Oc1nccnc1CN1CCC(COc2ccccc2C#N)CC1. The highest BCUT2D eigenvalue weighted by Gasteiger charge is 2.23. The van der Waals surface area contributed by atoms with Crippen LogP contribution < -0.4 is 9.47 Å². The van der Waals surface area contributed by atoms with Gasteiger partial charge in [-0.1, -0.05) is 12.1 Å². The molecule has 148 valence electrons. The summed E-state index contributed by atoms with van der Waals surface area (Å²) in [6, 6.07) is 9.58. The molecule has 1 fully saturated rings. The maximum Gasteiger partial charge on any atom is 0.237 e. The van der Waals surface area contributed by atoms with E-state index in [9.17, 15) is 0 Å². The third kappa shape index (κ3) is 5.67. The Hall–Kier alpha value is -2.65. The van der Waals surface area contributed by atoms with Gasteiger partial charge in [0, 0.05) is 18.9 Å². The van der Waals surface area contributed by atoms with E-state index in [1.54, 1.807) is 18.5 Å². The van der Waals surface area contributed by atoms with E-state index in [1.165, 1.54) is 0 Å². The summed E-state index contributed by atoms with van der Waals surface area (Å²) in [5.74, 6) is 1.79. The van der Waals surface area contributed by atoms with Gasteiger partial charge in [0.15, 0.2) is 0 Å². The van der Waals surface area contributed by atoms with Crippen LogP contribution in [0.2, 0.25) is 0 Å². The summed E-state index contributed by atoms with van der Waals surface area (Å²) in [7, 11) is 0. The zero-order valence-electron chi connectivity index (χ0n) is 16.9. The maximum atomic E-state index is 9.17. The molecule has 0 aliphatic carbocycles. The lowest BCUT2D eigenvalue weighted by Gasteiger charge is -2.32. The first-order valence-electron chi connectivity index (χ1n) is 9.78. The highest BCUT2D eigenvalue weighted by molar-refractivity contribution is 5.42. The van der Waals surface area contributed by atoms with Crippen LogP contribution in [0.15, 0.2) is 36.7 Å².